The van der Waals surface area contributed by atoms with E-state index in [9.17, 15) is 5.11 Å². The number of rotatable bonds is 8. The molecule has 3 N–H and O–H groups in total. The molecule has 0 aliphatic heterocycles. The number of methoxy groups -OCH3 is 1. The summed E-state index contributed by atoms with van der Waals surface area (Å²) in [4.78, 5) is 2.06. The van der Waals surface area contributed by atoms with E-state index in [2.05, 4.69) is 4.90 Å². The molecule has 0 saturated heterocycles. The lowest BCUT2D eigenvalue weighted by Crippen LogP contribution is -2.33. The molecule has 0 aliphatic carbocycles. The van der Waals surface area contributed by atoms with Crippen molar-refractivity contribution in [2.45, 2.75) is 18.6 Å². The average Bonchev–Trinajstić information content (AvgIpc) is 2.37. The standard InChI is InChI=1S/C14H23ClN2O2/c1-17(9-13(18)10-19-2)8-7-14(16)11-3-5-12(15)6-4-11/h3-6,13-14,18H,7-10,16H2,1-2H3. The molecule has 0 spiro atoms. The van der Waals surface area contributed by atoms with Crippen molar-refractivity contribution in [2.24, 2.45) is 5.73 Å². The van der Waals surface area contributed by atoms with E-state index >= 15 is 0 Å². The topological polar surface area (TPSA) is 58.7 Å². The predicted molar refractivity (Wildman–Crippen MR) is 78.4 cm³/mol. The van der Waals surface area contributed by atoms with Gasteiger partial charge in [-0.3, -0.25) is 0 Å². The Morgan fingerprint density at radius 3 is 2.58 bits per heavy atom. The Labute approximate surface area is 120 Å². The summed E-state index contributed by atoms with van der Waals surface area (Å²) in [5.41, 5.74) is 7.20. The second kappa shape index (κ2) is 8.51. The molecule has 0 aliphatic rings. The van der Waals surface area contributed by atoms with Gasteiger partial charge in [0.2, 0.25) is 0 Å². The van der Waals surface area contributed by atoms with E-state index < -0.39 is 6.10 Å². The van der Waals surface area contributed by atoms with Crippen molar-refractivity contribution in [3.8, 4) is 0 Å². The van der Waals surface area contributed by atoms with Crippen LogP contribution in [0.2, 0.25) is 5.02 Å². The fraction of sp³-hybridized carbons (Fsp3) is 0.571. The van der Waals surface area contributed by atoms with Crippen LogP contribution >= 0.6 is 11.6 Å². The zero-order valence-electron chi connectivity index (χ0n) is 11.6. The van der Waals surface area contributed by atoms with Crippen LogP contribution in [-0.4, -0.2) is 50.0 Å². The molecule has 1 aromatic rings. The second-order valence-electron chi connectivity index (χ2n) is 4.82. The highest BCUT2D eigenvalue weighted by molar-refractivity contribution is 6.30. The Bertz CT molecular complexity index is 359. The molecule has 5 heteroatoms. The van der Waals surface area contributed by atoms with E-state index in [1.807, 2.05) is 31.3 Å². The third kappa shape index (κ3) is 6.36. The lowest BCUT2D eigenvalue weighted by Gasteiger charge is -2.22. The number of nitrogens with zero attached hydrogens (tertiary/aromatic N) is 1. The molecule has 0 saturated carbocycles. The van der Waals surface area contributed by atoms with Crippen molar-refractivity contribution >= 4 is 11.6 Å². The van der Waals surface area contributed by atoms with Crippen LogP contribution in [0.25, 0.3) is 0 Å². The fourth-order valence-corrected chi connectivity index (χ4v) is 2.06. The average molecular weight is 287 g/mol. The van der Waals surface area contributed by atoms with Crippen LogP contribution in [0.1, 0.15) is 18.0 Å². The van der Waals surface area contributed by atoms with Gasteiger partial charge in [0, 0.05) is 24.7 Å². The van der Waals surface area contributed by atoms with Crippen molar-refractivity contribution in [1.82, 2.24) is 4.90 Å². The van der Waals surface area contributed by atoms with Gasteiger partial charge in [-0.15, -0.1) is 0 Å². The van der Waals surface area contributed by atoms with E-state index in [1.165, 1.54) is 0 Å². The maximum atomic E-state index is 9.62. The van der Waals surface area contributed by atoms with Crippen LogP contribution in [0.3, 0.4) is 0 Å². The Hall–Kier alpha value is -0.650. The number of halogens is 1. The Morgan fingerprint density at radius 1 is 1.37 bits per heavy atom. The summed E-state index contributed by atoms with van der Waals surface area (Å²) in [6.07, 6.45) is 0.374. The van der Waals surface area contributed by atoms with Crippen LogP contribution < -0.4 is 5.73 Å². The smallest absolute Gasteiger partial charge is 0.0899 e. The van der Waals surface area contributed by atoms with Crippen molar-refractivity contribution in [3.63, 3.8) is 0 Å². The summed E-state index contributed by atoms with van der Waals surface area (Å²) in [6.45, 7) is 1.76. The van der Waals surface area contributed by atoms with Crippen LogP contribution in [0.4, 0.5) is 0 Å². The monoisotopic (exact) mass is 286 g/mol. The summed E-state index contributed by atoms with van der Waals surface area (Å²) in [5.74, 6) is 0. The van der Waals surface area contributed by atoms with Gasteiger partial charge in [-0.2, -0.15) is 0 Å². The molecular weight excluding hydrogens is 264 g/mol. The molecule has 2 atom stereocenters. The summed E-state index contributed by atoms with van der Waals surface area (Å²) in [6, 6.07) is 7.59. The van der Waals surface area contributed by atoms with Crippen LogP contribution in [0, 0.1) is 0 Å². The zero-order chi connectivity index (χ0) is 14.3. The molecule has 0 heterocycles. The minimum absolute atomic E-state index is 0.0146. The molecule has 1 aromatic carbocycles. The van der Waals surface area contributed by atoms with Crippen molar-refractivity contribution in [1.29, 1.82) is 0 Å². The molecule has 0 fully saturated rings. The van der Waals surface area contributed by atoms with E-state index in [0.29, 0.717) is 13.2 Å². The van der Waals surface area contributed by atoms with Crippen molar-refractivity contribution < 1.29 is 9.84 Å². The SMILES string of the molecule is COCC(O)CN(C)CCC(N)c1ccc(Cl)cc1. The summed E-state index contributed by atoms with van der Waals surface area (Å²) in [7, 11) is 3.55. The van der Waals surface area contributed by atoms with Gasteiger partial charge < -0.3 is 20.5 Å². The minimum Gasteiger partial charge on any atom is -0.389 e. The van der Waals surface area contributed by atoms with E-state index in [-0.39, 0.29) is 6.04 Å². The molecule has 2 unspecified atom stereocenters. The fourth-order valence-electron chi connectivity index (χ4n) is 1.93. The molecule has 108 valence electrons. The first kappa shape index (κ1) is 16.4. The van der Waals surface area contributed by atoms with Gasteiger partial charge in [0.25, 0.3) is 0 Å². The number of aliphatic hydroxyl groups is 1. The van der Waals surface area contributed by atoms with Gasteiger partial charge in [-0.05, 0) is 37.7 Å². The number of aliphatic hydroxyl groups excluding tert-OH is 1. The van der Waals surface area contributed by atoms with Gasteiger partial charge in [0.05, 0.1) is 12.7 Å². The molecule has 0 bridgehead atoms. The Balaban J connectivity index is 2.33. The van der Waals surface area contributed by atoms with E-state index in [4.69, 9.17) is 22.1 Å². The first-order valence-electron chi connectivity index (χ1n) is 6.39. The molecule has 1 rings (SSSR count). The van der Waals surface area contributed by atoms with Gasteiger partial charge in [0.15, 0.2) is 0 Å². The molecular formula is C14H23ClN2O2. The highest BCUT2D eigenvalue weighted by atomic mass is 35.5. The largest absolute Gasteiger partial charge is 0.389 e. The number of likely N-dealkylation sites (N-methyl/N-ethyl adjacent to an activating group) is 1. The number of hydrogen-bond donors (Lipinski definition) is 2. The minimum atomic E-state index is -0.457. The third-order valence-electron chi connectivity index (χ3n) is 3.00. The maximum Gasteiger partial charge on any atom is 0.0899 e. The van der Waals surface area contributed by atoms with Crippen molar-refractivity contribution in [2.75, 3.05) is 33.9 Å². The second-order valence-corrected chi connectivity index (χ2v) is 5.25. The molecule has 19 heavy (non-hydrogen) atoms. The lowest BCUT2D eigenvalue weighted by molar-refractivity contribution is 0.0428. The Kier molecular flexibility index (Phi) is 7.34. The Morgan fingerprint density at radius 2 is 2.00 bits per heavy atom. The van der Waals surface area contributed by atoms with Gasteiger partial charge in [-0.25, -0.2) is 0 Å². The van der Waals surface area contributed by atoms with Crippen molar-refractivity contribution in [3.05, 3.63) is 34.9 Å². The number of hydrogen-bond acceptors (Lipinski definition) is 4. The lowest BCUT2D eigenvalue weighted by atomic mass is 10.0. The maximum absolute atomic E-state index is 9.62. The van der Waals surface area contributed by atoms with Gasteiger partial charge in [0.1, 0.15) is 0 Å². The molecule has 0 aromatic heterocycles. The molecule has 0 amide bonds. The normalized spacial score (nSPS) is 14.6. The summed E-state index contributed by atoms with van der Waals surface area (Å²) >= 11 is 5.84. The predicted octanol–water partition coefficient (Wildman–Crippen LogP) is 1.67. The van der Waals surface area contributed by atoms with Gasteiger partial charge in [-0.1, -0.05) is 23.7 Å². The quantitative estimate of drug-likeness (QED) is 0.763. The zero-order valence-corrected chi connectivity index (χ0v) is 12.3. The third-order valence-corrected chi connectivity index (χ3v) is 3.25. The molecule has 0 radical (unpaired) electrons. The summed E-state index contributed by atoms with van der Waals surface area (Å²) in [5, 5.41) is 10.3. The first-order chi connectivity index (χ1) is 9.02. The van der Waals surface area contributed by atoms with E-state index in [1.54, 1.807) is 7.11 Å². The van der Waals surface area contributed by atoms with Crippen LogP contribution in [0.15, 0.2) is 24.3 Å². The van der Waals surface area contributed by atoms with Crippen LogP contribution in [0.5, 0.6) is 0 Å². The highest BCUT2D eigenvalue weighted by Crippen LogP contribution is 2.17. The summed E-state index contributed by atoms with van der Waals surface area (Å²) < 4.78 is 4.90. The number of nitrogens with two attached hydrogens (primary N) is 1. The molecule has 4 nitrogen and oxygen atoms in total. The van der Waals surface area contributed by atoms with Crippen LogP contribution in [-0.2, 0) is 4.74 Å². The van der Waals surface area contributed by atoms with Gasteiger partial charge >= 0.3 is 0 Å². The number of benzene rings is 1. The van der Waals surface area contributed by atoms with E-state index in [0.717, 1.165) is 23.6 Å². The highest BCUT2D eigenvalue weighted by Gasteiger charge is 2.10. The number of ether oxygens (including phenoxy) is 1. The first-order valence-corrected chi connectivity index (χ1v) is 6.77.